The number of rotatable bonds is 2. The van der Waals surface area contributed by atoms with E-state index >= 15 is 0 Å². The largest absolute Gasteiger partial charge is 0.462 e. The van der Waals surface area contributed by atoms with Crippen molar-refractivity contribution in [3.8, 4) is 0 Å². The maximum atomic E-state index is 11.9. The molecule has 2 heterocycles. The second kappa shape index (κ2) is 4.28. The Hall–Kier alpha value is -2.56. The van der Waals surface area contributed by atoms with Crippen LogP contribution in [-0.2, 0) is 4.74 Å². The Balaban J connectivity index is 2.43. The standard InChI is InChI=1S/C14H12N2O3/c1-2-19-14(18)9-7-15-12-11(9)8-5-3-4-6-10(8)16-13(12)17/h3-7,15H,2H2,1H3,(H,16,17). The molecule has 3 rings (SSSR count). The lowest BCUT2D eigenvalue weighted by molar-refractivity contribution is 0.0529. The molecule has 0 spiro atoms. The number of ether oxygens (including phenoxy) is 1. The zero-order valence-electron chi connectivity index (χ0n) is 10.3. The van der Waals surface area contributed by atoms with Gasteiger partial charge in [0.25, 0.3) is 5.56 Å². The predicted octanol–water partition coefficient (Wildman–Crippen LogP) is 2.19. The van der Waals surface area contributed by atoms with E-state index in [0.717, 1.165) is 5.39 Å². The topological polar surface area (TPSA) is 75.0 Å². The van der Waals surface area contributed by atoms with E-state index in [1.54, 1.807) is 13.0 Å². The number of hydrogen-bond donors (Lipinski definition) is 2. The van der Waals surface area contributed by atoms with Gasteiger partial charge in [0.15, 0.2) is 0 Å². The molecule has 2 N–H and O–H groups in total. The maximum Gasteiger partial charge on any atom is 0.340 e. The van der Waals surface area contributed by atoms with Crippen molar-refractivity contribution in [3.63, 3.8) is 0 Å². The molecular weight excluding hydrogens is 244 g/mol. The molecule has 0 saturated heterocycles. The zero-order valence-corrected chi connectivity index (χ0v) is 10.3. The summed E-state index contributed by atoms with van der Waals surface area (Å²) in [5.41, 5.74) is 1.23. The van der Waals surface area contributed by atoms with E-state index in [0.29, 0.717) is 28.6 Å². The summed E-state index contributed by atoms with van der Waals surface area (Å²) in [5.74, 6) is -0.426. The smallest absolute Gasteiger partial charge is 0.340 e. The number of nitrogens with one attached hydrogen (secondary N) is 2. The number of carbonyl (C=O) groups excluding carboxylic acids is 1. The second-order valence-corrected chi connectivity index (χ2v) is 4.17. The molecule has 0 bridgehead atoms. The van der Waals surface area contributed by atoms with E-state index < -0.39 is 5.97 Å². The van der Waals surface area contributed by atoms with Crippen LogP contribution in [0.5, 0.6) is 0 Å². The minimum atomic E-state index is -0.426. The van der Waals surface area contributed by atoms with E-state index in [1.165, 1.54) is 6.20 Å². The SMILES string of the molecule is CCOC(=O)c1c[nH]c2c(=O)[nH]c3ccccc3c12. The second-order valence-electron chi connectivity index (χ2n) is 4.17. The average molecular weight is 256 g/mol. The first-order chi connectivity index (χ1) is 9.22. The maximum absolute atomic E-state index is 11.9. The van der Waals surface area contributed by atoms with Gasteiger partial charge in [-0.3, -0.25) is 4.79 Å². The summed E-state index contributed by atoms with van der Waals surface area (Å²) in [6.07, 6.45) is 1.52. The molecule has 5 nitrogen and oxygen atoms in total. The number of H-pyrrole nitrogens is 2. The first-order valence-corrected chi connectivity index (χ1v) is 6.01. The number of hydrogen-bond acceptors (Lipinski definition) is 3. The van der Waals surface area contributed by atoms with Gasteiger partial charge < -0.3 is 14.7 Å². The quantitative estimate of drug-likeness (QED) is 0.690. The number of benzene rings is 1. The average Bonchev–Trinajstić information content (AvgIpc) is 2.85. The number of aromatic nitrogens is 2. The van der Waals surface area contributed by atoms with E-state index in [2.05, 4.69) is 9.97 Å². The lowest BCUT2D eigenvalue weighted by Crippen LogP contribution is -2.08. The van der Waals surface area contributed by atoms with Crippen LogP contribution in [0.25, 0.3) is 21.8 Å². The van der Waals surface area contributed by atoms with Crippen molar-refractivity contribution in [1.29, 1.82) is 0 Å². The molecule has 96 valence electrons. The van der Waals surface area contributed by atoms with Crippen molar-refractivity contribution in [3.05, 3.63) is 46.4 Å². The van der Waals surface area contributed by atoms with Gasteiger partial charge in [0.1, 0.15) is 5.52 Å². The Morgan fingerprint density at radius 3 is 2.89 bits per heavy atom. The van der Waals surface area contributed by atoms with Crippen LogP contribution in [0.15, 0.2) is 35.3 Å². The highest BCUT2D eigenvalue weighted by molar-refractivity contribution is 6.14. The van der Waals surface area contributed by atoms with E-state index in [4.69, 9.17) is 4.74 Å². The fraction of sp³-hybridized carbons (Fsp3) is 0.143. The fourth-order valence-electron chi connectivity index (χ4n) is 2.25. The van der Waals surface area contributed by atoms with Gasteiger partial charge in [-0.15, -0.1) is 0 Å². The van der Waals surface area contributed by atoms with Crippen LogP contribution in [0.1, 0.15) is 17.3 Å². The molecule has 2 aromatic heterocycles. The monoisotopic (exact) mass is 256 g/mol. The summed E-state index contributed by atoms with van der Waals surface area (Å²) >= 11 is 0. The Bertz CT molecular complexity index is 829. The van der Waals surface area contributed by atoms with Gasteiger partial charge in [-0.2, -0.15) is 0 Å². The van der Waals surface area contributed by atoms with Crippen molar-refractivity contribution in [2.75, 3.05) is 6.61 Å². The third-order valence-electron chi connectivity index (χ3n) is 3.05. The van der Waals surface area contributed by atoms with Gasteiger partial charge in [-0.05, 0) is 13.0 Å². The first-order valence-electron chi connectivity index (χ1n) is 6.01. The molecule has 0 amide bonds. The van der Waals surface area contributed by atoms with E-state index in [9.17, 15) is 9.59 Å². The van der Waals surface area contributed by atoms with E-state index in [-0.39, 0.29) is 5.56 Å². The highest BCUT2D eigenvalue weighted by Gasteiger charge is 2.17. The number of para-hydroxylation sites is 1. The molecule has 1 aromatic carbocycles. The molecule has 0 atom stereocenters. The van der Waals surface area contributed by atoms with Crippen LogP contribution in [0, 0.1) is 0 Å². The summed E-state index contributed by atoms with van der Waals surface area (Å²) in [7, 11) is 0. The summed E-state index contributed by atoms with van der Waals surface area (Å²) < 4.78 is 5.01. The molecule has 3 aromatic rings. The molecule has 5 heteroatoms. The summed E-state index contributed by atoms with van der Waals surface area (Å²) in [6.45, 7) is 2.05. The fourth-order valence-corrected chi connectivity index (χ4v) is 2.25. The van der Waals surface area contributed by atoms with Crippen LogP contribution in [-0.4, -0.2) is 22.5 Å². The number of fused-ring (bicyclic) bond motifs is 3. The predicted molar refractivity (Wildman–Crippen MR) is 72.4 cm³/mol. The number of aromatic amines is 2. The lowest BCUT2D eigenvalue weighted by Gasteiger charge is -2.03. The number of pyridine rings is 1. The molecule has 0 unspecified atom stereocenters. The Morgan fingerprint density at radius 1 is 1.32 bits per heavy atom. The van der Waals surface area contributed by atoms with Crippen molar-refractivity contribution >= 4 is 27.8 Å². The molecule has 0 aliphatic heterocycles. The summed E-state index contributed by atoms with van der Waals surface area (Å²) in [6, 6.07) is 7.37. The molecular formula is C14H12N2O3. The van der Waals surface area contributed by atoms with Crippen LogP contribution in [0.4, 0.5) is 0 Å². The molecule has 19 heavy (non-hydrogen) atoms. The summed E-state index contributed by atoms with van der Waals surface area (Å²) in [4.78, 5) is 29.5. The van der Waals surface area contributed by atoms with Crippen LogP contribution in [0.3, 0.4) is 0 Å². The van der Waals surface area contributed by atoms with Gasteiger partial charge in [0.2, 0.25) is 0 Å². The molecule has 0 fully saturated rings. The van der Waals surface area contributed by atoms with Gasteiger partial charge >= 0.3 is 5.97 Å². The highest BCUT2D eigenvalue weighted by Crippen LogP contribution is 2.24. The third-order valence-corrected chi connectivity index (χ3v) is 3.05. The lowest BCUT2D eigenvalue weighted by atomic mass is 10.1. The summed E-state index contributed by atoms with van der Waals surface area (Å²) in [5, 5.41) is 1.43. The van der Waals surface area contributed by atoms with Crippen molar-refractivity contribution in [2.24, 2.45) is 0 Å². The van der Waals surface area contributed by atoms with Crippen LogP contribution in [0.2, 0.25) is 0 Å². The molecule has 0 radical (unpaired) electrons. The Kier molecular flexibility index (Phi) is 2.59. The number of carbonyl (C=O) groups is 1. The molecule has 0 aliphatic rings. The molecule has 0 aliphatic carbocycles. The minimum absolute atomic E-state index is 0.246. The Labute approximate surface area is 108 Å². The van der Waals surface area contributed by atoms with Crippen molar-refractivity contribution in [1.82, 2.24) is 9.97 Å². The van der Waals surface area contributed by atoms with Gasteiger partial charge in [-0.1, -0.05) is 18.2 Å². The third kappa shape index (κ3) is 1.71. The molecule has 0 saturated carbocycles. The van der Waals surface area contributed by atoms with Crippen LogP contribution < -0.4 is 5.56 Å². The van der Waals surface area contributed by atoms with Gasteiger partial charge in [0, 0.05) is 22.5 Å². The van der Waals surface area contributed by atoms with Crippen molar-refractivity contribution in [2.45, 2.75) is 6.92 Å². The van der Waals surface area contributed by atoms with Crippen LogP contribution >= 0.6 is 0 Å². The number of esters is 1. The Morgan fingerprint density at radius 2 is 2.11 bits per heavy atom. The first kappa shape index (κ1) is 11.5. The zero-order chi connectivity index (χ0) is 13.4. The highest BCUT2D eigenvalue weighted by atomic mass is 16.5. The van der Waals surface area contributed by atoms with E-state index in [1.807, 2.05) is 18.2 Å². The minimum Gasteiger partial charge on any atom is -0.462 e. The van der Waals surface area contributed by atoms with Gasteiger partial charge in [0.05, 0.1) is 12.2 Å². The van der Waals surface area contributed by atoms with Crippen molar-refractivity contribution < 1.29 is 9.53 Å². The normalized spacial score (nSPS) is 11.0. The van der Waals surface area contributed by atoms with Gasteiger partial charge in [-0.25, -0.2) is 4.79 Å².